The molecule has 2 heterocycles. The van der Waals surface area contributed by atoms with E-state index in [4.69, 9.17) is 0 Å². The quantitative estimate of drug-likeness (QED) is 0.251. The van der Waals surface area contributed by atoms with Gasteiger partial charge >= 0.3 is 6.18 Å². The van der Waals surface area contributed by atoms with Crippen LogP contribution in [0.3, 0.4) is 0 Å². The van der Waals surface area contributed by atoms with E-state index >= 15 is 13.2 Å². The minimum Gasteiger partial charge on any atom is -0.507 e. The lowest BCUT2D eigenvalue weighted by Crippen LogP contribution is -2.63. The second-order valence-electron chi connectivity index (χ2n) is 11.5. The fourth-order valence-corrected chi connectivity index (χ4v) is 6.50. The average molecular weight is 578 g/mol. The van der Waals surface area contributed by atoms with Crippen LogP contribution in [0.4, 0.5) is 17.6 Å². The zero-order valence-corrected chi connectivity index (χ0v) is 23.8. The third-order valence-corrected chi connectivity index (χ3v) is 8.50. The monoisotopic (exact) mass is 577 g/mol. The van der Waals surface area contributed by atoms with Gasteiger partial charge in [-0.15, -0.1) is 0 Å². The third-order valence-electron chi connectivity index (χ3n) is 8.50. The summed E-state index contributed by atoms with van der Waals surface area (Å²) in [5.41, 5.74) is 0.312. The highest BCUT2D eigenvalue weighted by Crippen LogP contribution is 2.49. The van der Waals surface area contributed by atoms with E-state index < -0.39 is 47.5 Å². The molecule has 6 nitrogen and oxygen atoms in total. The van der Waals surface area contributed by atoms with Crippen LogP contribution in [0.15, 0.2) is 42.5 Å². The highest BCUT2D eigenvalue weighted by atomic mass is 19.4. The number of piperidine rings is 1. The van der Waals surface area contributed by atoms with Gasteiger partial charge in [0, 0.05) is 31.5 Å². The van der Waals surface area contributed by atoms with Crippen LogP contribution in [-0.2, 0) is 4.79 Å². The lowest BCUT2D eigenvalue weighted by molar-refractivity contribution is -0.214. The van der Waals surface area contributed by atoms with Crippen LogP contribution < -0.4 is 0 Å². The standard InChI is InChI=1S/C31H39F4N3O3/c1-20-21(12-10-13-24(20)32)26-23(28(40)22-11-4-5-14-25(22)39)19-38(18-7-6-15-36(2)3)29(31(33,34)35)27(26)30(41)37-16-8-9-17-37/h4-5,10-14,23,26-27,29,39H,6-9,15-19H2,1-3H3/t23-,26+,27-,29-/m0/s1. The number of benzene rings is 2. The van der Waals surface area contributed by atoms with Crippen molar-refractivity contribution >= 4 is 11.7 Å². The third kappa shape index (κ3) is 6.75. The van der Waals surface area contributed by atoms with Gasteiger partial charge in [-0.2, -0.15) is 13.2 Å². The van der Waals surface area contributed by atoms with E-state index in [1.165, 1.54) is 47.1 Å². The van der Waals surface area contributed by atoms with Crippen molar-refractivity contribution in [3.05, 3.63) is 65.0 Å². The van der Waals surface area contributed by atoms with Crippen LogP contribution in [0.1, 0.15) is 53.1 Å². The SMILES string of the molecule is Cc1c(F)cccc1[C@H]1[C@H](C(=O)N2CCCC2)[C@@H](C(F)(F)F)N(CCCCN(C)C)C[C@@H]1C(=O)c1ccccc1O. The first kappa shape index (κ1) is 31.0. The van der Waals surface area contributed by atoms with Gasteiger partial charge in [0.15, 0.2) is 5.78 Å². The van der Waals surface area contributed by atoms with E-state index in [2.05, 4.69) is 0 Å². The Kier molecular flexibility index (Phi) is 9.74. The van der Waals surface area contributed by atoms with E-state index in [9.17, 15) is 19.1 Å². The van der Waals surface area contributed by atoms with Gasteiger partial charge in [0.1, 0.15) is 17.6 Å². The highest BCUT2D eigenvalue weighted by molar-refractivity contribution is 6.01. The number of aromatic hydroxyl groups is 1. The van der Waals surface area contributed by atoms with Crippen molar-refractivity contribution in [3.8, 4) is 5.75 Å². The Balaban J connectivity index is 1.89. The summed E-state index contributed by atoms with van der Waals surface area (Å²) in [5.74, 6) is -6.13. The summed E-state index contributed by atoms with van der Waals surface area (Å²) >= 11 is 0. The number of unbranched alkanes of at least 4 members (excludes halogenated alkanes) is 1. The Morgan fingerprint density at radius 3 is 2.34 bits per heavy atom. The number of phenolic OH excluding ortho intramolecular Hbond substituents is 1. The first-order valence-corrected chi connectivity index (χ1v) is 14.2. The Hall–Kier alpha value is -2.98. The molecular formula is C31H39F4N3O3. The fourth-order valence-electron chi connectivity index (χ4n) is 6.50. The second-order valence-corrected chi connectivity index (χ2v) is 11.5. The number of rotatable bonds is 9. The number of amides is 1. The zero-order valence-electron chi connectivity index (χ0n) is 23.8. The minimum atomic E-state index is -4.77. The number of carbonyl (C=O) groups is 2. The lowest BCUT2D eigenvalue weighted by atomic mass is 9.66. The molecule has 0 spiro atoms. The summed E-state index contributed by atoms with van der Waals surface area (Å²) in [4.78, 5) is 32.9. The molecule has 41 heavy (non-hydrogen) atoms. The molecule has 0 aliphatic carbocycles. The summed E-state index contributed by atoms with van der Waals surface area (Å²) in [6.45, 7) is 2.61. The number of likely N-dealkylation sites (tertiary alicyclic amines) is 2. The van der Waals surface area contributed by atoms with Crippen molar-refractivity contribution in [1.29, 1.82) is 0 Å². The summed E-state index contributed by atoms with van der Waals surface area (Å²) in [7, 11) is 3.77. The summed E-state index contributed by atoms with van der Waals surface area (Å²) < 4.78 is 60.2. The van der Waals surface area contributed by atoms with Gasteiger partial charge in [-0.1, -0.05) is 24.3 Å². The zero-order chi connectivity index (χ0) is 29.9. The van der Waals surface area contributed by atoms with Crippen molar-refractivity contribution in [2.45, 2.75) is 50.7 Å². The molecule has 2 aromatic rings. The minimum absolute atomic E-state index is 0.0260. The maximum atomic E-state index is 15.1. The van der Waals surface area contributed by atoms with Crippen molar-refractivity contribution in [3.63, 3.8) is 0 Å². The summed E-state index contributed by atoms with van der Waals surface area (Å²) in [5, 5.41) is 10.5. The van der Waals surface area contributed by atoms with Crippen LogP contribution in [-0.4, -0.2) is 90.5 Å². The van der Waals surface area contributed by atoms with Gasteiger partial charge in [0.2, 0.25) is 5.91 Å². The molecule has 1 amide bonds. The largest absolute Gasteiger partial charge is 0.507 e. The Morgan fingerprint density at radius 1 is 1.02 bits per heavy atom. The fraction of sp³-hybridized carbons (Fsp3) is 0.548. The molecule has 0 unspecified atom stereocenters. The molecule has 0 saturated carbocycles. The van der Waals surface area contributed by atoms with E-state index in [1.807, 2.05) is 19.0 Å². The number of para-hydroxylation sites is 1. The molecular weight excluding hydrogens is 538 g/mol. The Labute approximate surface area is 238 Å². The maximum absolute atomic E-state index is 15.1. The number of ketones is 1. The molecule has 0 bridgehead atoms. The molecule has 2 aromatic carbocycles. The van der Waals surface area contributed by atoms with Crippen molar-refractivity contribution < 1.29 is 32.3 Å². The first-order valence-electron chi connectivity index (χ1n) is 14.2. The van der Waals surface area contributed by atoms with Crippen LogP contribution in [0.25, 0.3) is 0 Å². The Bertz CT molecular complexity index is 1230. The first-order chi connectivity index (χ1) is 19.4. The molecule has 2 aliphatic rings. The molecule has 1 N–H and O–H groups in total. The number of nitrogens with zero attached hydrogens (tertiary/aromatic N) is 3. The molecule has 2 fully saturated rings. The normalized spacial score (nSPS) is 23.8. The van der Waals surface area contributed by atoms with Gasteiger partial charge in [0.05, 0.1) is 11.5 Å². The number of halogens is 4. The van der Waals surface area contributed by atoms with Gasteiger partial charge in [-0.05, 0) is 89.1 Å². The number of carbonyl (C=O) groups excluding carboxylic acids is 2. The van der Waals surface area contributed by atoms with E-state index in [0.29, 0.717) is 45.3 Å². The van der Waals surface area contributed by atoms with E-state index in [-0.39, 0.29) is 35.5 Å². The number of Topliss-reactive ketones (excluding diaryl/α,β-unsaturated/α-hetero) is 1. The number of hydrogen-bond acceptors (Lipinski definition) is 5. The van der Waals surface area contributed by atoms with Crippen LogP contribution in [0.5, 0.6) is 5.75 Å². The molecule has 10 heteroatoms. The number of phenols is 1. The van der Waals surface area contributed by atoms with E-state index in [0.717, 1.165) is 0 Å². The average Bonchev–Trinajstić information content (AvgIpc) is 3.46. The molecule has 2 aliphatic heterocycles. The van der Waals surface area contributed by atoms with Gasteiger partial charge in [-0.25, -0.2) is 4.39 Å². The number of alkyl halides is 3. The van der Waals surface area contributed by atoms with Gasteiger partial charge < -0.3 is 14.9 Å². The van der Waals surface area contributed by atoms with Gasteiger partial charge in [0.25, 0.3) is 0 Å². The van der Waals surface area contributed by atoms with Crippen molar-refractivity contribution in [2.75, 3.05) is 46.8 Å². The van der Waals surface area contributed by atoms with Crippen LogP contribution in [0, 0.1) is 24.6 Å². The molecule has 0 aromatic heterocycles. The smallest absolute Gasteiger partial charge is 0.404 e. The predicted molar refractivity (Wildman–Crippen MR) is 148 cm³/mol. The Morgan fingerprint density at radius 2 is 1.71 bits per heavy atom. The van der Waals surface area contributed by atoms with Crippen LogP contribution in [0.2, 0.25) is 0 Å². The molecule has 4 rings (SSSR count). The van der Waals surface area contributed by atoms with Crippen molar-refractivity contribution in [1.82, 2.24) is 14.7 Å². The molecule has 4 atom stereocenters. The van der Waals surface area contributed by atoms with E-state index in [1.54, 1.807) is 12.1 Å². The number of hydrogen-bond donors (Lipinski definition) is 1. The molecule has 0 radical (unpaired) electrons. The van der Waals surface area contributed by atoms with Gasteiger partial charge in [-0.3, -0.25) is 14.5 Å². The molecule has 2 saturated heterocycles. The lowest BCUT2D eigenvalue weighted by Gasteiger charge is -2.50. The predicted octanol–water partition coefficient (Wildman–Crippen LogP) is 5.25. The topological polar surface area (TPSA) is 64.1 Å². The summed E-state index contributed by atoms with van der Waals surface area (Å²) in [6, 6.07) is 7.92. The van der Waals surface area contributed by atoms with Crippen LogP contribution >= 0.6 is 0 Å². The maximum Gasteiger partial charge on any atom is 0.404 e. The highest BCUT2D eigenvalue weighted by Gasteiger charge is 2.60. The second kappa shape index (κ2) is 12.9. The molecule has 224 valence electrons. The van der Waals surface area contributed by atoms with Crippen molar-refractivity contribution in [2.24, 2.45) is 11.8 Å². The summed E-state index contributed by atoms with van der Waals surface area (Å²) in [6.07, 6.45) is -2.32.